The third-order valence-corrected chi connectivity index (χ3v) is 4.56. The van der Waals surface area contributed by atoms with Gasteiger partial charge in [-0.25, -0.2) is 9.18 Å². The van der Waals surface area contributed by atoms with Gasteiger partial charge in [0, 0.05) is 37.2 Å². The lowest BCUT2D eigenvalue weighted by Crippen LogP contribution is -2.37. The van der Waals surface area contributed by atoms with E-state index in [9.17, 15) is 9.18 Å². The first-order valence-corrected chi connectivity index (χ1v) is 9.56. The summed E-state index contributed by atoms with van der Waals surface area (Å²) in [5.41, 5.74) is 3.49. The second-order valence-corrected chi connectivity index (χ2v) is 6.52. The van der Waals surface area contributed by atoms with E-state index >= 15 is 0 Å². The van der Waals surface area contributed by atoms with E-state index in [2.05, 4.69) is 20.6 Å². The molecule has 0 saturated heterocycles. The van der Waals surface area contributed by atoms with Crippen molar-refractivity contribution in [3.8, 4) is 0 Å². The second kappa shape index (κ2) is 11.5. The second-order valence-electron chi connectivity index (χ2n) is 6.52. The number of aliphatic imine (C=N–C) groups is 1. The maximum absolute atomic E-state index is 13.3. The molecular formula is C22H26FIN4O2. The number of carbonyl (C=O) groups is 1. The third-order valence-electron chi connectivity index (χ3n) is 4.56. The van der Waals surface area contributed by atoms with E-state index in [-0.39, 0.29) is 35.8 Å². The van der Waals surface area contributed by atoms with E-state index in [0.29, 0.717) is 31.2 Å². The minimum atomic E-state index is -0.315. The number of nitrogens with zero attached hydrogens (tertiary/aromatic N) is 1. The van der Waals surface area contributed by atoms with Crippen LogP contribution in [0, 0.1) is 5.82 Å². The van der Waals surface area contributed by atoms with Crippen molar-refractivity contribution < 1.29 is 13.9 Å². The molecule has 0 atom stereocenters. The molecule has 0 bridgehead atoms. The number of aromatic amines is 1. The lowest BCUT2D eigenvalue weighted by Gasteiger charge is -2.12. The van der Waals surface area contributed by atoms with Crippen molar-refractivity contribution in [1.82, 2.24) is 15.6 Å². The van der Waals surface area contributed by atoms with Crippen LogP contribution in [-0.2, 0) is 17.7 Å². The molecule has 0 unspecified atom stereocenters. The average molecular weight is 524 g/mol. The molecule has 2 aromatic carbocycles. The molecule has 1 aromatic heterocycles. The first-order chi connectivity index (χ1) is 14.1. The summed E-state index contributed by atoms with van der Waals surface area (Å²) in [5.74, 6) is 0.124. The Bertz CT molecular complexity index is 1000. The summed E-state index contributed by atoms with van der Waals surface area (Å²) in [6.45, 7) is 3.41. The molecule has 3 aromatic rings. The van der Waals surface area contributed by atoms with Gasteiger partial charge in [0.15, 0.2) is 5.96 Å². The highest BCUT2D eigenvalue weighted by Gasteiger charge is 2.07. The molecule has 6 nitrogen and oxygen atoms in total. The Kier molecular flexibility index (Phi) is 9.10. The van der Waals surface area contributed by atoms with Gasteiger partial charge in [0.1, 0.15) is 5.82 Å². The Balaban J connectivity index is 0.00000320. The molecular weight excluding hydrogens is 498 g/mol. The largest absolute Gasteiger partial charge is 0.462 e. The number of ether oxygens (including phenoxy) is 1. The number of aromatic nitrogens is 1. The van der Waals surface area contributed by atoms with Crippen molar-refractivity contribution in [3.05, 3.63) is 71.2 Å². The number of esters is 1. The zero-order valence-electron chi connectivity index (χ0n) is 17.0. The monoisotopic (exact) mass is 524 g/mol. The van der Waals surface area contributed by atoms with Crippen LogP contribution in [0.2, 0.25) is 0 Å². The summed E-state index contributed by atoms with van der Waals surface area (Å²) in [6.07, 6.45) is 2.69. The van der Waals surface area contributed by atoms with Crippen LogP contribution in [0.15, 0.2) is 53.7 Å². The molecule has 3 rings (SSSR count). The Labute approximate surface area is 192 Å². The van der Waals surface area contributed by atoms with Crippen LogP contribution in [0.5, 0.6) is 0 Å². The first-order valence-electron chi connectivity index (χ1n) is 9.56. The summed E-state index contributed by atoms with van der Waals surface area (Å²) in [7, 11) is 1.72. The molecule has 0 aliphatic heterocycles. The molecule has 1 heterocycles. The predicted octanol–water partition coefficient (Wildman–Crippen LogP) is 4.01. The molecule has 3 N–H and O–H groups in total. The quantitative estimate of drug-likeness (QED) is 0.189. The number of hydrogen-bond donors (Lipinski definition) is 3. The summed E-state index contributed by atoms with van der Waals surface area (Å²) in [4.78, 5) is 19.0. The van der Waals surface area contributed by atoms with Gasteiger partial charge in [0.2, 0.25) is 0 Å². The lowest BCUT2D eigenvalue weighted by atomic mass is 10.1. The highest BCUT2D eigenvalue weighted by Crippen LogP contribution is 2.19. The number of carbonyl (C=O) groups excluding carboxylic acids is 1. The molecule has 8 heteroatoms. The van der Waals surface area contributed by atoms with E-state index in [1.165, 1.54) is 12.1 Å². The topological polar surface area (TPSA) is 78.5 Å². The van der Waals surface area contributed by atoms with E-state index in [0.717, 1.165) is 28.5 Å². The van der Waals surface area contributed by atoms with Gasteiger partial charge in [-0.1, -0.05) is 12.1 Å². The smallest absolute Gasteiger partial charge is 0.338 e. The van der Waals surface area contributed by atoms with Crippen LogP contribution in [0.4, 0.5) is 4.39 Å². The van der Waals surface area contributed by atoms with Gasteiger partial charge in [-0.05, 0) is 54.8 Å². The molecule has 0 aliphatic carbocycles. The number of nitrogens with one attached hydrogen (secondary N) is 3. The highest BCUT2D eigenvalue weighted by atomic mass is 127. The van der Waals surface area contributed by atoms with E-state index < -0.39 is 0 Å². The Morgan fingerprint density at radius 2 is 1.93 bits per heavy atom. The summed E-state index contributed by atoms with van der Waals surface area (Å²) in [5, 5.41) is 7.55. The summed E-state index contributed by atoms with van der Waals surface area (Å²) >= 11 is 0. The van der Waals surface area contributed by atoms with Crippen LogP contribution in [0.25, 0.3) is 10.9 Å². The molecule has 0 aliphatic rings. The van der Waals surface area contributed by atoms with Crippen molar-refractivity contribution in [2.75, 3.05) is 20.2 Å². The van der Waals surface area contributed by atoms with Crippen molar-refractivity contribution >= 4 is 46.8 Å². The van der Waals surface area contributed by atoms with Crippen LogP contribution >= 0.6 is 24.0 Å². The van der Waals surface area contributed by atoms with Crippen molar-refractivity contribution in [2.24, 2.45) is 4.99 Å². The van der Waals surface area contributed by atoms with Crippen LogP contribution in [0.3, 0.4) is 0 Å². The van der Waals surface area contributed by atoms with Crippen molar-refractivity contribution in [3.63, 3.8) is 0 Å². The molecule has 0 fully saturated rings. The van der Waals surface area contributed by atoms with E-state index in [1.54, 1.807) is 32.2 Å². The first kappa shape index (κ1) is 23.7. The standard InChI is InChI=1S/C22H25FN4O2.HI/c1-3-29-21(28)16-6-4-15(5-7-16)13-27-22(24-2)25-11-10-17-14-26-20-12-18(23)8-9-19(17)20;/h4-9,12,14,26H,3,10-11,13H2,1-2H3,(H2,24,25,27);1H. The molecule has 0 amide bonds. The maximum Gasteiger partial charge on any atom is 0.338 e. The fourth-order valence-corrected chi connectivity index (χ4v) is 3.06. The van der Waals surface area contributed by atoms with E-state index in [1.807, 2.05) is 18.3 Å². The predicted molar refractivity (Wildman–Crippen MR) is 128 cm³/mol. The zero-order chi connectivity index (χ0) is 20.6. The third kappa shape index (κ3) is 6.19. The van der Waals surface area contributed by atoms with Gasteiger partial charge in [-0.2, -0.15) is 0 Å². The van der Waals surface area contributed by atoms with Gasteiger partial charge >= 0.3 is 5.97 Å². The number of benzene rings is 2. The van der Waals surface area contributed by atoms with Gasteiger partial charge in [0.05, 0.1) is 12.2 Å². The van der Waals surface area contributed by atoms with Crippen molar-refractivity contribution in [1.29, 1.82) is 0 Å². The minimum Gasteiger partial charge on any atom is -0.462 e. The normalized spacial score (nSPS) is 11.1. The molecule has 160 valence electrons. The fourth-order valence-electron chi connectivity index (χ4n) is 3.06. The zero-order valence-corrected chi connectivity index (χ0v) is 19.3. The number of halogens is 2. The number of guanidine groups is 1. The summed E-state index contributed by atoms with van der Waals surface area (Å²) < 4.78 is 18.3. The van der Waals surface area contributed by atoms with Gasteiger partial charge in [0.25, 0.3) is 0 Å². The Morgan fingerprint density at radius 1 is 1.17 bits per heavy atom. The molecule has 30 heavy (non-hydrogen) atoms. The Morgan fingerprint density at radius 3 is 2.63 bits per heavy atom. The number of H-pyrrole nitrogens is 1. The van der Waals surface area contributed by atoms with Crippen LogP contribution < -0.4 is 10.6 Å². The van der Waals surface area contributed by atoms with Gasteiger partial charge < -0.3 is 20.4 Å². The highest BCUT2D eigenvalue weighted by molar-refractivity contribution is 14.0. The van der Waals surface area contributed by atoms with Crippen molar-refractivity contribution in [2.45, 2.75) is 19.9 Å². The number of hydrogen-bond acceptors (Lipinski definition) is 3. The maximum atomic E-state index is 13.3. The van der Waals surface area contributed by atoms with Gasteiger partial charge in [-0.3, -0.25) is 4.99 Å². The van der Waals surface area contributed by atoms with Crippen LogP contribution in [0.1, 0.15) is 28.4 Å². The average Bonchev–Trinajstić information content (AvgIpc) is 3.13. The number of fused-ring (bicyclic) bond motifs is 1. The SMILES string of the molecule is CCOC(=O)c1ccc(CNC(=NC)NCCc2c[nH]c3cc(F)ccc23)cc1.I. The Hall–Kier alpha value is -2.62. The molecule has 0 saturated carbocycles. The molecule has 0 spiro atoms. The van der Waals surface area contributed by atoms with E-state index in [4.69, 9.17) is 4.74 Å². The molecule has 0 radical (unpaired) electrons. The number of rotatable bonds is 7. The lowest BCUT2D eigenvalue weighted by molar-refractivity contribution is 0.0526. The van der Waals surface area contributed by atoms with Gasteiger partial charge in [-0.15, -0.1) is 24.0 Å². The fraction of sp³-hybridized carbons (Fsp3) is 0.273. The van der Waals surface area contributed by atoms with Crippen LogP contribution in [-0.4, -0.2) is 37.1 Å². The minimum absolute atomic E-state index is 0. The summed E-state index contributed by atoms with van der Waals surface area (Å²) in [6, 6.07) is 12.1.